The van der Waals surface area contributed by atoms with Gasteiger partial charge in [-0.25, -0.2) is 9.97 Å². The number of carbonyl (C=O) groups excluding carboxylic acids is 12. The summed E-state index contributed by atoms with van der Waals surface area (Å²) in [5, 5.41) is 69.9. The van der Waals surface area contributed by atoms with E-state index in [-0.39, 0.29) is 113 Å². The van der Waals surface area contributed by atoms with E-state index in [1.165, 1.54) is 32.0 Å². The first-order valence-corrected chi connectivity index (χ1v) is 39.1. The number of hydrogen-bond acceptors (Lipinski definition) is 22. The summed E-state index contributed by atoms with van der Waals surface area (Å²) in [6.45, 7) is 0.509. The van der Waals surface area contributed by atoms with Crippen molar-refractivity contribution in [3.8, 4) is 0 Å². The van der Waals surface area contributed by atoms with E-state index in [1.807, 2.05) is 0 Å². The number of amides is 11. The summed E-state index contributed by atoms with van der Waals surface area (Å²) in [5.74, 6) is -14.2. The molecule has 2 aromatic carbocycles. The largest absolute Gasteiger partial charge is 0.481 e. The molecule has 3 aromatic heterocycles. The van der Waals surface area contributed by atoms with Crippen molar-refractivity contribution in [3.05, 3.63) is 108 Å². The van der Waals surface area contributed by atoms with Crippen molar-refractivity contribution >= 4 is 139 Å². The van der Waals surface area contributed by atoms with E-state index < -0.39 is 185 Å². The molecule has 3 aliphatic rings. The highest BCUT2D eigenvalue weighted by molar-refractivity contribution is 8.77. The number of nitrogens with one attached hydrogen (secondary N) is 20. The Morgan fingerprint density at radius 3 is 1.66 bits per heavy atom. The van der Waals surface area contributed by atoms with Crippen molar-refractivity contribution in [1.29, 1.82) is 16.2 Å². The number of rotatable bonds is 24. The molecular weight excluding hydrogens is 1500 g/mol. The van der Waals surface area contributed by atoms with Crippen LogP contribution in [0.5, 0.6) is 0 Å². The molecule has 27 N–H and O–H groups in total. The van der Waals surface area contributed by atoms with Crippen LogP contribution in [0.25, 0.3) is 10.9 Å². The van der Waals surface area contributed by atoms with E-state index in [0.29, 0.717) is 32.8 Å². The van der Waals surface area contributed by atoms with Crippen LogP contribution >= 0.6 is 33.3 Å². The fraction of sp³-hybridized carbons (Fsp3) is 0.471. The zero-order valence-electron chi connectivity index (χ0n) is 60.5. The predicted octanol–water partition coefficient (Wildman–Crippen LogP) is -4.80. The fourth-order valence-corrected chi connectivity index (χ4v) is 15.8. The number of thioether (sulfide) groups is 1. The maximum Gasteiger partial charge on any atom is 0.303 e. The standard InChI is InChI=1S/C68H94N26O14S3/c1-36-53(98)85-45(16-9-21-79-67(73)74)61(106)93-68(32-95,18-17-52(96)97)31-81-43(14-7-19-77-65(69)70)54(99)86-44(15-8-20-78-66(71)72)55(100)92-63-64(108)94-35-109-30-51(94)62(107)90-49(25-40-28-76-34-83-40)59(104)87-46(22-37-10-3-2-4-11-37)56(101)89-48(24-39-27-75-33-82-39)58(103)88-47(23-38-26-80-42-13-6-5-12-41(38)42)57(102)91-50(29-110-111-63)60(105)84-36/h2-6,10-13,26-28,32-34,36,43-51,63,80-81H,7-9,14-25,29-31,35H2,1H3,(H,75,82)(H,76,83)(H,84,105)(H,85,98)(H,86,99)(H,87,104)(H,88,103)(H,89,101)(H,90,107)(H,91,102)(H,92,100)(H,93,106)(H,96,97)(H4,69,70,77)(H4,71,72,78)(H4,73,74,79)/t36-,43-,44-,45-,46+,47-,48-,49-,50-,51-,63-,68+/m0/s1. The molecule has 3 saturated heterocycles. The third-order valence-electron chi connectivity index (χ3n) is 18.2. The molecule has 0 radical (unpaired) electrons. The molecule has 598 valence electrons. The maximum absolute atomic E-state index is 15.7. The van der Waals surface area contributed by atoms with Crippen LogP contribution in [-0.2, 0) is 88.0 Å². The molecule has 2 bridgehead atoms. The molecule has 12 atom stereocenters. The van der Waals surface area contributed by atoms with Crippen LogP contribution in [0.3, 0.4) is 0 Å². The highest BCUT2D eigenvalue weighted by atomic mass is 33.1. The van der Waals surface area contributed by atoms with Gasteiger partial charge in [-0.15, -0.1) is 11.8 Å². The lowest BCUT2D eigenvalue weighted by Gasteiger charge is -2.34. The Labute approximate surface area is 648 Å². The van der Waals surface area contributed by atoms with Gasteiger partial charge < -0.3 is 121 Å². The van der Waals surface area contributed by atoms with E-state index in [0.717, 1.165) is 27.5 Å². The average Bonchev–Trinajstić information content (AvgIpc) is 1.71. The van der Waals surface area contributed by atoms with Crippen molar-refractivity contribution in [2.75, 3.05) is 43.6 Å². The first kappa shape index (κ1) is 85.1. The SMILES string of the molecule is C[C@@H]1NC(=O)[C@@H]2CSS[C@H](NC(=O)[C@H](CCCNC(=N)N)NC(=O)[C@H](CCCNC(=N)N)NC[C@@](C=O)(CCC(=O)O)NC(=O)[C@H](CCCNC(=N)N)NC1=O)C(=O)N1CSC[C@H]1C(=O)N[C@@H](Cc1c[nH]cn1)C(=O)N[C@H](Cc1ccccc1)C(=O)N[C@@H](Cc1c[nH]cn1)C(=O)N[C@@H](Cc1c[nH]c3ccccc13)C(=O)N2. The van der Waals surface area contributed by atoms with E-state index >= 15 is 43.2 Å². The molecule has 0 aliphatic carbocycles. The third kappa shape index (κ3) is 26.1. The van der Waals surface area contributed by atoms with Gasteiger partial charge in [0.15, 0.2) is 23.3 Å². The van der Waals surface area contributed by atoms with Crippen molar-refractivity contribution in [1.82, 2.24) is 104 Å². The highest BCUT2D eigenvalue weighted by Gasteiger charge is 2.44. The van der Waals surface area contributed by atoms with Gasteiger partial charge in [-0.05, 0) is 69.1 Å². The Bertz CT molecular complexity index is 4120. The number of H-pyrrole nitrogens is 3. The molecule has 43 heteroatoms. The third-order valence-corrected chi connectivity index (χ3v) is 21.7. The number of nitrogens with zero attached hydrogens (tertiary/aromatic N) is 3. The average molecular weight is 1600 g/mol. The van der Waals surface area contributed by atoms with Crippen molar-refractivity contribution < 1.29 is 67.4 Å². The first-order chi connectivity index (χ1) is 53.2. The van der Waals surface area contributed by atoms with Crippen LogP contribution in [0.1, 0.15) is 80.8 Å². The highest BCUT2D eigenvalue weighted by Crippen LogP contribution is 2.32. The second kappa shape index (κ2) is 41.9. The zero-order chi connectivity index (χ0) is 80.2. The van der Waals surface area contributed by atoms with Crippen LogP contribution < -0.4 is 91.6 Å². The minimum Gasteiger partial charge on any atom is -0.481 e. The topological polar surface area (TPSA) is 637 Å². The number of imidazole rings is 2. The van der Waals surface area contributed by atoms with Crippen molar-refractivity contribution in [2.45, 2.75) is 155 Å². The number of nitrogens with two attached hydrogens (primary N) is 3. The summed E-state index contributed by atoms with van der Waals surface area (Å²) >= 11 is 1.13. The number of guanidine groups is 3. The molecule has 6 heterocycles. The molecule has 3 aliphatic heterocycles. The van der Waals surface area contributed by atoms with Crippen LogP contribution in [0.2, 0.25) is 0 Å². The summed E-state index contributed by atoms with van der Waals surface area (Å²) < 4.78 is 0. The Morgan fingerprint density at radius 1 is 0.586 bits per heavy atom. The Balaban J connectivity index is 1.28. The minimum atomic E-state index is -2.19. The van der Waals surface area contributed by atoms with E-state index in [4.69, 9.17) is 33.4 Å². The van der Waals surface area contributed by atoms with Gasteiger partial charge in [0.1, 0.15) is 66.2 Å². The van der Waals surface area contributed by atoms with Crippen LogP contribution in [0.4, 0.5) is 0 Å². The normalized spacial score (nSPS) is 24.8. The molecule has 0 saturated carbocycles. The van der Waals surface area contributed by atoms with Gasteiger partial charge in [0.05, 0.1) is 36.0 Å². The van der Waals surface area contributed by atoms with Gasteiger partial charge >= 0.3 is 5.97 Å². The van der Waals surface area contributed by atoms with Gasteiger partial charge in [0.2, 0.25) is 59.1 Å². The number of aldehydes is 1. The number of benzene rings is 2. The molecule has 111 heavy (non-hydrogen) atoms. The molecular formula is C68H94N26O14S3. The number of carbonyl (C=O) groups is 13. The van der Waals surface area contributed by atoms with Gasteiger partial charge in [-0.1, -0.05) is 70.1 Å². The number of aromatic amines is 3. The Morgan fingerprint density at radius 2 is 1.09 bits per heavy atom. The lowest BCUT2D eigenvalue weighted by atomic mass is 9.92. The quantitative estimate of drug-likeness (QED) is 0.00906. The van der Waals surface area contributed by atoms with E-state index in [9.17, 15) is 24.3 Å². The van der Waals surface area contributed by atoms with Crippen molar-refractivity contribution in [2.24, 2.45) is 17.2 Å². The lowest BCUT2D eigenvalue weighted by molar-refractivity contribution is -0.140. The number of carboxylic acid groups (broad SMARTS) is 1. The van der Waals surface area contributed by atoms with Crippen LogP contribution in [0, 0.1) is 16.2 Å². The van der Waals surface area contributed by atoms with Gasteiger partial charge in [-0.3, -0.25) is 73.8 Å². The smallest absolute Gasteiger partial charge is 0.303 e. The molecule has 5 aromatic rings. The molecule has 40 nitrogen and oxygen atoms in total. The summed E-state index contributed by atoms with van der Waals surface area (Å²) in [6.07, 6.45) is 4.53. The second-order valence-electron chi connectivity index (χ2n) is 26.6. The molecule has 8 rings (SSSR count). The van der Waals surface area contributed by atoms with E-state index in [1.54, 1.807) is 60.8 Å². The zero-order valence-corrected chi connectivity index (χ0v) is 62.9. The van der Waals surface area contributed by atoms with Gasteiger partial charge in [0.25, 0.3) is 5.91 Å². The number of aromatic nitrogens is 5. The number of para-hydroxylation sites is 1. The first-order valence-electron chi connectivity index (χ1n) is 35.6. The molecule has 0 spiro atoms. The Hall–Kier alpha value is -11.5. The Kier molecular flexibility index (Phi) is 32.2. The van der Waals surface area contributed by atoms with E-state index in [2.05, 4.69) is 99.4 Å². The van der Waals surface area contributed by atoms with Crippen molar-refractivity contribution in [3.63, 3.8) is 0 Å². The minimum absolute atomic E-state index is 0.00741. The van der Waals surface area contributed by atoms with Crippen LogP contribution in [-0.4, -0.2) is 245 Å². The monoisotopic (exact) mass is 1590 g/mol. The van der Waals surface area contributed by atoms with Gasteiger partial charge in [-0.2, -0.15) is 0 Å². The number of hydrogen-bond donors (Lipinski definition) is 24. The number of carboxylic acids is 1. The lowest BCUT2D eigenvalue weighted by Crippen LogP contribution is -2.64. The number of aliphatic carboxylic acids is 1. The summed E-state index contributed by atoms with van der Waals surface area (Å²) in [6, 6.07) is -0.0513. The molecule has 0 unspecified atom stereocenters. The fourth-order valence-electron chi connectivity index (χ4n) is 12.2. The maximum atomic E-state index is 15.7. The van der Waals surface area contributed by atoms with Gasteiger partial charge in [0, 0.05) is 99.3 Å². The predicted molar refractivity (Wildman–Crippen MR) is 411 cm³/mol. The number of fused-ring (bicyclic) bond motifs is 6. The summed E-state index contributed by atoms with van der Waals surface area (Å²) in [4.78, 5) is 211. The second-order valence-corrected chi connectivity index (χ2v) is 30.1. The van der Waals surface area contributed by atoms with Crippen LogP contribution in [0.15, 0.2) is 85.8 Å². The summed E-state index contributed by atoms with van der Waals surface area (Å²) in [7, 11) is 1.38. The summed E-state index contributed by atoms with van der Waals surface area (Å²) in [5.41, 5.74) is 16.8. The molecule has 11 amide bonds. The molecule has 3 fully saturated rings.